The standard InChI is InChI=1S/C20H24N2O4S/c1-15-9-10-17(27(24,25)22-11-4-3-5-12-22)13-18(15)21-14-16-7-6-8-19(26-2)20(16)23/h6-10,13-14,23H,3-5,11-12H2,1-2H3. The zero-order chi connectivity index (χ0) is 19.4. The van der Waals surface area contributed by atoms with Crippen LogP contribution in [0.4, 0.5) is 5.69 Å². The first-order chi connectivity index (χ1) is 12.9. The van der Waals surface area contributed by atoms with Crippen molar-refractivity contribution in [3.05, 3.63) is 47.5 Å². The number of phenolic OH excluding ortho intramolecular Hbond substituents is 1. The van der Waals surface area contributed by atoms with Gasteiger partial charge in [0.15, 0.2) is 11.5 Å². The average Bonchev–Trinajstić information content (AvgIpc) is 2.69. The number of phenols is 1. The normalized spacial score (nSPS) is 15.9. The maximum Gasteiger partial charge on any atom is 0.243 e. The van der Waals surface area contributed by atoms with Crippen LogP contribution in [0.15, 0.2) is 46.3 Å². The van der Waals surface area contributed by atoms with E-state index in [9.17, 15) is 13.5 Å². The number of hydrogen-bond donors (Lipinski definition) is 1. The Labute approximate surface area is 160 Å². The molecule has 1 fully saturated rings. The first kappa shape index (κ1) is 19.4. The Bertz CT molecular complexity index is 948. The summed E-state index contributed by atoms with van der Waals surface area (Å²) in [5.41, 5.74) is 1.90. The van der Waals surface area contributed by atoms with Crippen LogP contribution in [0, 0.1) is 6.92 Å². The maximum atomic E-state index is 12.9. The van der Waals surface area contributed by atoms with Crippen LogP contribution < -0.4 is 4.74 Å². The van der Waals surface area contributed by atoms with Crippen molar-refractivity contribution < 1.29 is 18.3 Å². The number of hydrogen-bond acceptors (Lipinski definition) is 5. The number of ether oxygens (including phenoxy) is 1. The van der Waals surface area contributed by atoms with Gasteiger partial charge in [0, 0.05) is 24.9 Å². The summed E-state index contributed by atoms with van der Waals surface area (Å²) >= 11 is 0. The number of aryl methyl sites for hydroxylation is 1. The summed E-state index contributed by atoms with van der Waals surface area (Å²) in [4.78, 5) is 4.66. The van der Waals surface area contributed by atoms with Crippen molar-refractivity contribution in [3.8, 4) is 11.5 Å². The van der Waals surface area contributed by atoms with E-state index in [2.05, 4.69) is 4.99 Å². The molecule has 144 valence electrons. The molecule has 0 bridgehead atoms. The molecule has 0 atom stereocenters. The third kappa shape index (κ3) is 4.14. The SMILES string of the molecule is COc1cccc(C=Nc2cc(S(=O)(=O)N3CCCCC3)ccc2C)c1O. The molecule has 0 radical (unpaired) electrons. The van der Waals surface area contributed by atoms with Gasteiger partial charge in [-0.15, -0.1) is 0 Å². The highest BCUT2D eigenvalue weighted by Gasteiger charge is 2.26. The highest BCUT2D eigenvalue weighted by molar-refractivity contribution is 7.89. The molecule has 0 unspecified atom stereocenters. The van der Waals surface area contributed by atoms with Crippen molar-refractivity contribution in [1.82, 2.24) is 4.31 Å². The van der Waals surface area contributed by atoms with E-state index >= 15 is 0 Å². The summed E-state index contributed by atoms with van der Waals surface area (Å²) < 4.78 is 32.4. The maximum absolute atomic E-state index is 12.9. The molecule has 0 spiro atoms. The lowest BCUT2D eigenvalue weighted by Gasteiger charge is -2.26. The lowest BCUT2D eigenvalue weighted by Crippen LogP contribution is -2.35. The minimum atomic E-state index is -3.51. The molecular formula is C20H24N2O4S. The molecule has 1 aliphatic heterocycles. The van der Waals surface area contributed by atoms with Crippen molar-refractivity contribution in [3.63, 3.8) is 0 Å². The Hall–Kier alpha value is -2.38. The number of piperidine rings is 1. The number of rotatable bonds is 5. The summed E-state index contributed by atoms with van der Waals surface area (Å²) in [6, 6.07) is 10.1. The molecular weight excluding hydrogens is 364 g/mol. The summed E-state index contributed by atoms with van der Waals surface area (Å²) in [6.07, 6.45) is 4.37. The van der Waals surface area contributed by atoms with Crippen molar-refractivity contribution in [2.45, 2.75) is 31.1 Å². The van der Waals surface area contributed by atoms with Gasteiger partial charge < -0.3 is 9.84 Å². The first-order valence-corrected chi connectivity index (χ1v) is 10.4. The molecule has 6 nitrogen and oxygen atoms in total. The van der Waals surface area contributed by atoms with Crippen LogP contribution in [0.5, 0.6) is 11.5 Å². The van der Waals surface area contributed by atoms with Gasteiger partial charge in [-0.25, -0.2) is 8.42 Å². The van der Waals surface area contributed by atoms with Crippen molar-refractivity contribution >= 4 is 21.9 Å². The molecule has 1 N–H and O–H groups in total. The second-order valence-electron chi connectivity index (χ2n) is 6.57. The van der Waals surface area contributed by atoms with Crippen LogP contribution >= 0.6 is 0 Å². The zero-order valence-electron chi connectivity index (χ0n) is 15.6. The monoisotopic (exact) mass is 388 g/mol. The fraction of sp³-hybridized carbons (Fsp3) is 0.350. The van der Waals surface area contributed by atoms with E-state index in [1.165, 1.54) is 13.3 Å². The lowest BCUT2D eigenvalue weighted by molar-refractivity contribution is 0.346. The van der Waals surface area contributed by atoms with Gasteiger partial charge in [0.05, 0.1) is 17.7 Å². The summed E-state index contributed by atoms with van der Waals surface area (Å²) in [5.74, 6) is 0.357. The van der Waals surface area contributed by atoms with E-state index < -0.39 is 10.0 Å². The molecule has 2 aromatic rings. The molecule has 0 aromatic heterocycles. The minimum absolute atomic E-state index is 0.00139. The molecule has 1 heterocycles. The quantitative estimate of drug-likeness (QED) is 0.793. The van der Waals surface area contributed by atoms with Gasteiger partial charge in [0.2, 0.25) is 10.0 Å². The summed E-state index contributed by atoms with van der Waals surface area (Å²) in [5, 5.41) is 10.2. The number of aliphatic imine (C=N–C) groups is 1. The minimum Gasteiger partial charge on any atom is -0.504 e. The highest BCUT2D eigenvalue weighted by Crippen LogP contribution is 2.30. The highest BCUT2D eigenvalue weighted by atomic mass is 32.2. The third-order valence-electron chi connectivity index (χ3n) is 4.73. The van der Waals surface area contributed by atoms with Crippen LogP contribution in [0.25, 0.3) is 0 Å². The molecule has 2 aromatic carbocycles. The molecule has 1 aliphatic rings. The number of para-hydroxylation sites is 1. The molecule has 0 amide bonds. The Kier molecular flexibility index (Phi) is 5.82. The van der Waals surface area contributed by atoms with Crippen LogP contribution in [0.2, 0.25) is 0 Å². The zero-order valence-corrected chi connectivity index (χ0v) is 16.4. The van der Waals surface area contributed by atoms with Gasteiger partial charge in [-0.1, -0.05) is 18.6 Å². The number of nitrogens with zero attached hydrogens (tertiary/aromatic N) is 2. The molecule has 0 saturated carbocycles. The van der Waals surface area contributed by atoms with E-state index in [0.717, 1.165) is 24.8 Å². The van der Waals surface area contributed by atoms with E-state index in [1.54, 1.807) is 40.7 Å². The smallest absolute Gasteiger partial charge is 0.243 e. The van der Waals surface area contributed by atoms with Crippen molar-refractivity contribution in [1.29, 1.82) is 0 Å². The van der Waals surface area contributed by atoms with Crippen LogP contribution in [-0.4, -0.2) is 44.2 Å². The fourth-order valence-corrected chi connectivity index (χ4v) is 4.63. The van der Waals surface area contributed by atoms with Crippen LogP contribution in [-0.2, 0) is 10.0 Å². The average molecular weight is 388 g/mol. The van der Waals surface area contributed by atoms with Gasteiger partial charge in [-0.2, -0.15) is 4.31 Å². The van der Waals surface area contributed by atoms with Crippen molar-refractivity contribution in [2.75, 3.05) is 20.2 Å². The lowest BCUT2D eigenvalue weighted by atomic mass is 10.2. The molecule has 27 heavy (non-hydrogen) atoms. The number of sulfonamides is 1. The molecule has 0 aliphatic carbocycles. The first-order valence-electron chi connectivity index (χ1n) is 8.94. The number of benzene rings is 2. The topological polar surface area (TPSA) is 79.2 Å². The predicted molar refractivity (Wildman–Crippen MR) is 106 cm³/mol. The Morgan fingerprint density at radius 2 is 1.89 bits per heavy atom. The van der Waals surface area contributed by atoms with Gasteiger partial charge in [0.1, 0.15) is 0 Å². The number of methoxy groups -OCH3 is 1. The number of aromatic hydroxyl groups is 1. The largest absolute Gasteiger partial charge is 0.504 e. The second kappa shape index (κ2) is 8.10. The van der Waals surface area contributed by atoms with Gasteiger partial charge in [-0.3, -0.25) is 4.99 Å². The third-order valence-corrected chi connectivity index (χ3v) is 6.62. The van der Waals surface area contributed by atoms with Gasteiger partial charge in [0.25, 0.3) is 0 Å². The summed E-state index contributed by atoms with van der Waals surface area (Å²) in [6.45, 7) is 2.99. The molecule has 3 rings (SSSR count). The van der Waals surface area contributed by atoms with Crippen molar-refractivity contribution in [2.24, 2.45) is 4.99 Å². The van der Waals surface area contributed by atoms with E-state index in [-0.39, 0.29) is 10.6 Å². The van der Waals surface area contributed by atoms with E-state index in [4.69, 9.17) is 4.74 Å². The molecule has 1 saturated heterocycles. The van der Waals surface area contributed by atoms with E-state index in [1.807, 2.05) is 6.92 Å². The van der Waals surface area contributed by atoms with Gasteiger partial charge >= 0.3 is 0 Å². The Morgan fingerprint density at radius 1 is 1.15 bits per heavy atom. The fourth-order valence-electron chi connectivity index (χ4n) is 3.09. The Morgan fingerprint density at radius 3 is 2.59 bits per heavy atom. The van der Waals surface area contributed by atoms with Crippen LogP contribution in [0.1, 0.15) is 30.4 Å². The van der Waals surface area contributed by atoms with Crippen LogP contribution in [0.3, 0.4) is 0 Å². The molecule has 7 heteroatoms. The predicted octanol–water partition coefficient (Wildman–Crippen LogP) is 3.63. The Balaban J connectivity index is 1.92. The summed E-state index contributed by atoms with van der Waals surface area (Å²) in [7, 11) is -2.03. The van der Waals surface area contributed by atoms with Gasteiger partial charge in [-0.05, 0) is 49.6 Å². The van der Waals surface area contributed by atoms with E-state index in [0.29, 0.717) is 30.1 Å². The second-order valence-corrected chi connectivity index (χ2v) is 8.51.